The fraction of sp³-hybridized carbons (Fsp3) is 0.250. The number of nitrogens with zero attached hydrogens (tertiary/aromatic N) is 2. The van der Waals surface area contributed by atoms with Crippen molar-refractivity contribution in [2.75, 3.05) is 5.73 Å². The van der Waals surface area contributed by atoms with Crippen LogP contribution < -0.4 is 15.8 Å². The number of hydrogen-bond acceptors (Lipinski definition) is 7. The maximum Gasteiger partial charge on any atom is 0.258 e. The summed E-state index contributed by atoms with van der Waals surface area (Å²) in [6, 6.07) is 11.5. The molecular weight excluding hydrogens is 454 g/mol. The SMILES string of the molecule is CC1(C)C(=O)NC(=O)c2ccc(-c3nc(-c4ccc(S(=O)(=O)NC5CC5)cc4)cnc3N)cc21. The van der Waals surface area contributed by atoms with Gasteiger partial charge in [-0.15, -0.1) is 0 Å². The topological polar surface area (TPSA) is 144 Å². The number of nitrogen functional groups attached to an aromatic ring is 1. The van der Waals surface area contributed by atoms with Crippen molar-refractivity contribution in [1.29, 1.82) is 0 Å². The van der Waals surface area contributed by atoms with Crippen LogP contribution in [0.2, 0.25) is 0 Å². The third kappa shape index (κ3) is 3.84. The second kappa shape index (κ2) is 7.71. The van der Waals surface area contributed by atoms with E-state index in [1.165, 1.54) is 18.3 Å². The summed E-state index contributed by atoms with van der Waals surface area (Å²) in [5, 5.41) is 2.38. The molecule has 2 heterocycles. The van der Waals surface area contributed by atoms with Gasteiger partial charge in [0, 0.05) is 22.7 Å². The predicted molar refractivity (Wildman–Crippen MR) is 126 cm³/mol. The lowest BCUT2D eigenvalue weighted by Gasteiger charge is -2.30. The molecule has 5 rings (SSSR count). The average molecular weight is 478 g/mol. The number of sulfonamides is 1. The monoisotopic (exact) mass is 477 g/mol. The van der Waals surface area contributed by atoms with Crippen LogP contribution in [-0.4, -0.2) is 36.2 Å². The van der Waals surface area contributed by atoms with Crippen molar-refractivity contribution in [2.24, 2.45) is 0 Å². The maximum atomic E-state index is 12.4. The number of carbonyl (C=O) groups is 2. The molecule has 174 valence electrons. The summed E-state index contributed by atoms with van der Waals surface area (Å²) in [5.41, 5.74) is 8.43. The second-order valence-electron chi connectivity index (χ2n) is 9.08. The van der Waals surface area contributed by atoms with Crippen LogP contribution in [0.4, 0.5) is 5.82 Å². The van der Waals surface area contributed by atoms with Gasteiger partial charge in [0.2, 0.25) is 15.9 Å². The van der Waals surface area contributed by atoms with Gasteiger partial charge in [-0.2, -0.15) is 0 Å². The normalized spacial score (nSPS) is 17.2. The van der Waals surface area contributed by atoms with Gasteiger partial charge in [-0.1, -0.05) is 18.2 Å². The first kappa shape index (κ1) is 22.2. The summed E-state index contributed by atoms with van der Waals surface area (Å²) >= 11 is 0. The Labute approximate surface area is 196 Å². The predicted octanol–water partition coefficient (Wildman–Crippen LogP) is 2.38. The van der Waals surface area contributed by atoms with Gasteiger partial charge >= 0.3 is 0 Å². The average Bonchev–Trinajstić information content (AvgIpc) is 3.61. The minimum Gasteiger partial charge on any atom is -0.382 e. The molecular formula is C24H23N5O4S. The highest BCUT2D eigenvalue weighted by Crippen LogP contribution is 2.35. The highest BCUT2D eigenvalue weighted by molar-refractivity contribution is 7.89. The molecule has 1 saturated carbocycles. The molecule has 0 radical (unpaired) electrons. The van der Waals surface area contributed by atoms with Gasteiger partial charge in [0.15, 0.2) is 0 Å². The van der Waals surface area contributed by atoms with E-state index < -0.39 is 21.3 Å². The first-order valence-electron chi connectivity index (χ1n) is 10.8. The molecule has 34 heavy (non-hydrogen) atoms. The molecule has 0 atom stereocenters. The molecule has 1 aromatic heterocycles. The number of rotatable bonds is 5. The first-order valence-corrected chi connectivity index (χ1v) is 12.3. The Bertz CT molecular complexity index is 1440. The van der Waals surface area contributed by atoms with E-state index in [1.54, 1.807) is 44.2 Å². The Hall–Kier alpha value is -3.63. The molecule has 0 saturated heterocycles. The van der Waals surface area contributed by atoms with E-state index in [2.05, 4.69) is 20.0 Å². The number of nitrogens with one attached hydrogen (secondary N) is 2. The summed E-state index contributed by atoms with van der Waals surface area (Å²) in [6.07, 6.45) is 3.24. The fourth-order valence-corrected chi connectivity index (χ4v) is 5.20. The summed E-state index contributed by atoms with van der Waals surface area (Å²) in [5.74, 6) is -0.619. The lowest BCUT2D eigenvalue weighted by molar-refractivity contribution is -0.125. The van der Waals surface area contributed by atoms with Crippen LogP contribution in [0.5, 0.6) is 0 Å². The van der Waals surface area contributed by atoms with Gasteiger partial charge < -0.3 is 5.73 Å². The van der Waals surface area contributed by atoms with Crippen LogP contribution in [0.3, 0.4) is 0 Å². The molecule has 9 nitrogen and oxygen atoms in total. The Balaban J connectivity index is 1.51. The van der Waals surface area contributed by atoms with E-state index in [4.69, 9.17) is 5.73 Å². The van der Waals surface area contributed by atoms with Crippen molar-refractivity contribution >= 4 is 27.7 Å². The van der Waals surface area contributed by atoms with Gasteiger partial charge in [-0.3, -0.25) is 14.9 Å². The lowest BCUT2D eigenvalue weighted by Crippen LogP contribution is -2.48. The molecule has 0 spiro atoms. The van der Waals surface area contributed by atoms with Gasteiger partial charge in [0.25, 0.3) is 5.91 Å². The highest BCUT2D eigenvalue weighted by Gasteiger charge is 2.39. The zero-order valence-electron chi connectivity index (χ0n) is 18.6. The van der Waals surface area contributed by atoms with E-state index in [1.807, 2.05) is 0 Å². The first-order chi connectivity index (χ1) is 16.1. The molecule has 1 fully saturated rings. The quantitative estimate of drug-likeness (QED) is 0.479. The van der Waals surface area contributed by atoms with Crippen molar-refractivity contribution in [3.8, 4) is 22.5 Å². The number of fused-ring (bicyclic) bond motifs is 1. The van der Waals surface area contributed by atoms with Gasteiger partial charge in [-0.25, -0.2) is 23.1 Å². The van der Waals surface area contributed by atoms with E-state index in [0.29, 0.717) is 33.6 Å². The van der Waals surface area contributed by atoms with Crippen molar-refractivity contribution in [3.05, 3.63) is 59.8 Å². The van der Waals surface area contributed by atoms with E-state index in [9.17, 15) is 18.0 Å². The second-order valence-corrected chi connectivity index (χ2v) is 10.8. The minimum atomic E-state index is -3.55. The Morgan fingerprint density at radius 2 is 1.74 bits per heavy atom. The molecule has 1 aliphatic carbocycles. The number of carbonyl (C=O) groups excluding carboxylic acids is 2. The minimum absolute atomic E-state index is 0.0261. The van der Waals surface area contributed by atoms with Crippen LogP contribution in [0.25, 0.3) is 22.5 Å². The molecule has 0 bridgehead atoms. The third-order valence-corrected chi connectivity index (χ3v) is 7.70. The number of imide groups is 1. The smallest absolute Gasteiger partial charge is 0.258 e. The number of amides is 2. The standard InChI is InChI=1S/C24H23N5O4S/c1-24(2)18-11-14(5-10-17(18)22(30)28-23(24)31)20-21(25)26-12-19(27-20)13-3-8-16(9-4-13)34(32,33)29-15-6-7-15/h3-5,8-12,15,29H,6-7H2,1-2H3,(H2,25,26)(H,28,30,31). The van der Waals surface area contributed by atoms with Gasteiger partial charge in [-0.05, 0) is 56.5 Å². The van der Waals surface area contributed by atoms with Crippen LogP contribution in [-0.2, 0) is 20.2 Å². The summed E-state index contributed by atoms with van der Waals surface area (Å²) < 4.78 is 27.5. The van der Waals surface area contributed by atoms with Crippen molar-refractivity contribution in [3.63, 3.8) is 0 Å². The molecule has 10 heteroatoms. The fourth-order valence-electron chi connectivity index (χ4n) is 3.90. The van der Waals surface area contributed by atoms with Crippen molar-refractivity contribution in [1.82, 2.24) is 20.0 Å². The van der Waals surface area contributed by atoms with Gasteiger partial charge in [0.05, 0.1) is 22.2 Å². The Kier molecular flexibility index (Phi) is 5.03. The number of nitrogens with two attached hydrogens (primary N) is 1. The Morgan fingerprint density at radius 1 is 1.06 bits per heavy atom. The zero-order valence-corrected chi connectivity index (χ0v) is 19.4. The van der Waals surface area contributed by atoms with Crippen LogP contribution in [0.15, 0.2) is 53.6 Å². The van der Waals surface area contributed by atoms with Crippen molar-refractivity contribution in [2.45, 2.75) is 43.0 Å². The summed E-state index contributed by atoms with van der Waals surface area (Å²) in [6.45, 7) is 3.49. The lowest BCUT2D eigenvalue weighted by atomic mass is 9.77. The third-order valence-electron chi connectivity index (χ3n) is 6.17. The molecule has 2 amide bonds. The Morgan fingerprint density at radius 3 is 2.41 bits per heavy atom. The molecule has 2 aliphatic rings. The zero-order chi connectivity index (χ0) is 24.3. The number of anilines is 1. The summed E-state index contributed by atoms with van der Waals surface area (Å²) in [7, 11) is -3.55. The summed E-state index contributed by atoms with van der Waals surface area (Å²) in [4.78, 5) is 33.8. The van der Waals surface area contributed by atoms with Gasteiger partial charge in [0.1, 0.15) is 11.5 Å². The van der Waals surface area contributed by atoms with E-state index in [0.717, 1.165) is 12.8 Å². The number of hydrogen-bond donors (Lipinski definition) is 3. The molecule has 2 aromatic carbocycles. The van der Waals surface area contributed by atoms with Crippen molar-refractivity contribution < 1.29 is 18.0 Å². The largest absolute Gasteiger partial charge is 0.382 e. The van der Waals surface area contributed by atoms with E-state index >= 15 is 0 Å². The van der Waals surface area contributed by atoms with Crippen LogP contribution in [0, 0.1) is 0 Å². The number of benzene rings is 2. The highest BCUT2D eigenvalue weighted by atomic mass is 32.2. The molecule has 1 aliphatic heterocycles. The van der Waals surface area contributed by atoms with E-state index in [-0.39, 0.29) is 22.7 Å². The van der Waals surface area contributed by atoms with Crippen LogP contribution in [0.1, 0.15) is 42.6 Å². The molecule has 3 aromatic rings. The molecule has 0 unspecified atom stereocenters. The van der Waals surface area contributed by atoms with Crippen LogP contribution >= 0.6 is 0 Å². The molecule has 4 N–H and O–H groups in total. The number of aromatic nitrogens is 2. The maximum absolute atomic E-state index is 12.4.